The summed E-state index contributed by atoms with van der Waals surface area (Å²) >= 11 is 1.75. The Morgan fingerprint density at radius 1 is 1.33 bits per heavy atom. The van der Waals surface area contributed by atoms with E-state index in [0.29, 0.717) is 5.92 Å². The van der Waals surface area contributed by atoms with Crippen molar-refractivity contribution >= 4 is 17.7 Å². The van der Waals surface area contributed by atoms with Gasteiger partial charge in [-0.2, -0.15) is 11.8 Å². The number of nitrogens with zero attached hydrogens (tertiary/aromatic N) is 1. The standard InChI is InChI=1S/C17H26N2OS/c1-21-13-10-16(18)17(20)19-11-5-8-15(9-12-19)14-6-3-2-4-7-14/h2-4,6-7,15-16H,5,8-13,18H2,1H3/t15?,16-/m0/s1. The Balaban J connectivity index is 1.90. The van der Waals surface area contributed by atoms with Crippen molar-refractivity contribution in [2.24, 2.45) is 5.73 Å². The van der Waals surface area contributed by atoms with Gasteiger partial charge in [0.15, 0.2) is 0 Å². The van der Waals surface area contributed by atoms with Crippen molar-refractivity contribution in [1.29, 1.82) is 0 Å². The van der Waals surface area contributed by atoms with E-state index in [-0.39, 0.29) is 11.9 Å². The summed E-state index contributed by atoms with van der Waals surface area (Å²) in [7, 11) is 0. The van der Waals surface area contributed by atoms with Crippen LogP contribution in [0.1, 0.15) is 37.2 Å². The molecule has 0 bridgehead atoms. The molecule has 0 aromatic heterocycles. The maximum Gasteiger partial charge on any atom is 0.239 e. The van der Waals surface area contributed by atoms with E-state index in [9.17, 15) is 4.79 Å². The van der Waals surface area contributed by atoms with E-state index in [1.807, 2.05) is 11.2 Å². The summed E-state index contributed by atoms with van der Waals surface area (Å²) in [4.78, 5) is 14.4. The summed E-state index contributed by atoms with van der Waals surface area (Å²) in [5, 5.41) is 0. The van der Waals surface area contributed by atoms with Crippen LogP contribution in [0, 0.1) is 0 Å². The van der Waals surface area contributed by atoms with Crippen molar-refractivity contribution in [3.63, 3.8) is 0 Å². The molecule has 4 heteroatoms. The number of carbonyl (C=O) groups excluding carboxylic acids is 1. The number of thioether (sulfide) groups is 1. The van der Waals surface area contributed by atoms with Crippen LogP contribution in [0.5, 0.6) is 0 Å². The van der Waals surface area contributed by atoms with E-state index in [0.717, 1.165) is 44.5 Å². The van der Waals surface area contributed by atoms with Crippen LogP contribution in [0.2, 0.25) is 0 Å². The van der Waals surface area contributed by atoms with E-state index in [1.165, 1.54) is 5.56 Å². The van der Waals surface area contributed by atoms with Crippen molar-refractivity contribution in [1.82, 2.24) is 4.90 Å². The van der Waals surface area contributed by atoms with Crippen LogP contribution < -0.4 is 5.73 Å². The van der Waals surface area contributed by atoms with Crippen molar-refractivity contribution < 1.29 is 4.79 Å². The van der Waals surface area contributed by atoms with Gasteiger partial charge in [0.2, 0.25) is 5.91 Å². The molecule has 0 spiro atoms. The summed E-state index contributed by atoms with van der Waals surface area (Å²) in [5.41, 5.74) is 7.43. The molecule has 0 radical (unpaired) electrons. The third-order valence-electron chi connectivity index (χ3n) is 4.26. The normalized spacial score (nSPS) is 20.9. The quantitative estimate of drug-likeness (QED) is 0.910. The first kappa shape index (κ1) is 16.4. The van der Waals surface area contributed by atoms with Gasteiger partial charge in [-0.15, -0.1) is 0 Å². The lowest BCUT2D eigenvalue weighted by Crippen LogP contribution is -2.44. The third kappa shape index (κ3) is 4.75. The summed E-state index contributed by atoms with van der Waals surface area (Å²) < 4.78 is 0. The van der Waals surface area contributed by atoms with Gasteiger partial charge in [-0.3, -0.25) is 4.79 Å². The Labute approximate surface area is 132 Å². The van der Waals surface area contributed by atoms with E-state index in [2.05, 4.69) is 30.3 Å². The molecular formula is C17H26N2OS. The summed E-state index contributed by atoms with van der Waals surface area (Å²) in [6, 6.07) is 10.3. The highest BCUT2D eigenvalue weighted by Gasteiger charge is 2.24. The van der Waals surface area contributed by atoms with Crippen molar-refractivity contribution in [2.45, 2.75) is 37.6 Å². The van der Waals surface area contributed by atoms with Crippen LogP contribution in [0.15, 0.2) is 30.3 Å². The molecule has 0 saturated carbocycles. The molecule has 116 valence electrons. The number of nitrogens with two attached hydrogens (primary N) is 1. The summed E-state index contributed by atoms with van der Waals surface area (Å²) in [6.45, 7) is 1.69. The second kappa shape index (κ2) is 8.44. The van der Waals surface area contributed by atoms with Crippen LogP contribution >= 0.6 is 11.8 Å². The average Bonchev–Trinajstić information content (AvgIpc) is 2.78. The molecule has 1 unspecified atom stereocenters. The van der Waals surface area contributed by atoms with E-state index >= 15 is 0 Å². The number of hydrogen-bond acceptors (Lipinski definition) is 3. The highest BCUT2D eigenvalue weighted by Crippen LogP contribution is 2.28. The van der Waals surface area contributed by atoms with Crippen LogP contribution in [0.3, 0.4) is 0 Å². The van der Waals surface area contributed by atoms with Crippen molar-refractivity contribution in [3.8, 4) is 0 Å². The number of likely N-dealkylation sites (tertiary alicyclic amines) is 1. The fourth-order valence-electron chi connectivity index (χ4n) is 2.98. The molecule has 1 saturated heterocycles. The van der Waals surface area contributed by atoms with Gasteiger partial charge < -0.3 is 10.6 Å². The Morgan fingerprint density at radius 3 is 2.81 bits per heavy atom. The van der Waals surface area contributed by atoms with Gasteiger partial charge in [0.05, 0.1) is 6.04 Å². The van der Waals surface area contributed by atoms with Crippen LogP contribution in [-0.4, -0.2) is 41.9 Å². The monoisotopic (exact) mass is 306 g/mol. The first-order chi connectivity index (χ1) is 10.2. The predicted octanol–water partition coefficient (Wildman–Crippen LogP) is 2.86. The molecule has 2 N–H and O–H groups in total. The average molecular weight is 306 g/mol. The molecule has 1 aromatic rings. The Hall–Kier alpha value is -1.00. The molecule has 1 aromatic carbocycles. The fourth-order valence-corrected chi connectivity index (χ4v) is 3.47. The lowest BCUT2D eigenvalue weighted by atomic mass is 9.92. The predicted molar refractivity (Wildman–Crippen MR) is 90.6 cm³/mol. The molecule has 1 heterocycles. The van der Waals surface area contributed by atoms with Crippen molar-refractivity contribution in [3.05, 3.63) is 35.9 Å². The molecule has 2 rings (SSSR count). The molecular weight excluding hydrogens is 280 g/mol. The number of carbonyl (C=O) groups is 1. The lowest BCUT2D eigenvalue weighted by molar-refractivity contribution is -0.132. The minimum absolute atomic E-state index is 0.137. The molecule has 1 aliphatic heterocycles. The van der Waals surface area contributed by atoms with Crippen LogP contribution in [0.25, 0.3) is 0 Å². The van der Waals surface area contributed by atoms with E-state index in [1.54, 1.807) is 11.8 Å². The summed E-state index contributed by atoms with van der Waals surface area (Å²) in [5.74, 6) is 1.66. The van der Waals surface area contributed by atoms with Gasteiger partial charge in [-0.05, 0) is 49.2 Å². The first-order valence-electron chi connectivity index (χ1n) is 7.80. The Bertz CT molecular complexity index is 438. The van der Waals surface area contributed by atoms with E-state index in [4.69, 9.17) is 5.73 Å². The summed E-state index contributed by atoms with van der Waals surface area (Å²) in [6.07, 6.45) is 6.10. The van der Waals surface area contributed by atoms with Gasteiger partial charge in [-0.25, -0.2) is 0 Å². The highest BCUT2D eigenvalue weighted by molar-refractivity contribution is 7.98. The number of amides is 1. The molecule has 1 amide bonds. The lowest BCUT2D eigenvalue weighted by Gasteiger charge is -2.24. The molecule has 21 heavy (non-hydrogen) atoms. The minimum Gasteiger partial charge on any atom is -0.341 e. The molecule has 0 aliphatic carbocycles. The zero-order chi connectivity index (χ0) is 15.1. The largest absolute Gasteiger partial charge is 0.341 e. The van der Waals surface area contributed by atoms with Gasteiger partial charge in [0, 0.05) is 13.1 Å². The number of hydrogen-bond donors (Lipinski definition) is 1. The van der Waals surface area contributed by atoms with Gasteiger partial charge in [0.1, 0.15) is 0 Å². The van der Waals surface area contributed by atoms with Gasteiger partial charge in [-0.1, -0.05) is 30.3 Å². The molecule has 1 aliphatic rings. The van der Waals surface area contributed by atoms with Crippen LogP contribution in [0.4, 0.5) is 0 Å². The number of benzene rings is 1. The minimum atomic E-state index is -0.328. The fraction of sp³-hybridized carbons (Fsp3) is 0.588. The molecule has 3 nitrogen and oxygen atoms in total. The maximum atomic E-state index is 12.4. The number of rotatable bonds is 5. The topological polar surface area (TPSA) is 46.3 Å². The highest BCUT2D eigenvalue weighted by atomic mass is 32.2. The zero-order valence-electron chi connectivity index (χ0n) is 12.8. The SMILES string of the molecule is CSCC[C@H](N)C(=O)N1CCCC(c2ccccc2)CC1. The smallest absolute Gasteiger partial charge is 0.239 e. The van der Waals surface area contributed by atoms with Gasteiger partial charge >= 0.3 is 0 Å². The zero-order valence-corrected chi connectivity index (χ0v) is 13.6. The van der Waals surface area contributed by atoms with Gasteiger partial charge in [0.25, 0.3) is 0 Å². The van der Waals surface area contributed by atoms with Crippen LogP contribution in [-0.2, 0) is 4.79 Å². The molecule has 1 fully saturated rings. The molecule has 2 atom stereocenters. The maximum absolute atomic E-state index is 12.4. The Morgan fingerprint density at radius 2 is 2.10 bits per heavy atom. The van der Waals surface area contributed by atoms with E-state index < -0.39 is 0 Å². The second-order valence-electron chi connectivity index (χ2n) is 5.75. The second-order valence-corrected chi connectivity index (χ2v) is 6.74. The first-order valence-corrected chi connectivity index (χ1v) is 9.20. The third-order valence-corrected chi connectivity index (χ3v) is 4.90. The van der Waals surface area contributed by atoms with Crippen molar-refractivity contribution in [2.75, 3.05) is 25.1 Å². The Kier molecular flexibility index (Phi) is 6.58.